The molecule has 0 bridgehead atoms. The van der Waals surface area contributed by atoms with Gasteiger partial charge >= 0.3 is 5.97 Å². The van der Waals surface area contributed by atoms with E-state index in [0.29, 0.717) is 19.7 Å². The quantitative estimate of drug-likeness (QED) is 0.650. The molecule has 0 spiro atoms. The van der Waals surface area contributed by atoms with Crippen LogP contribution in [0.3, 0.4) is 0 Å². The van der Waals surface area contributed by atoms with Crippen molar-refractivity contribution < 1.29 is 9.53 Å². The summed E-state index contributed by atoms with van der Waals surface area (Å²) >= 11 is 0. The molecule has 1 aliphatic rings. The number of nitrogens with one attached hydrogen (secondary N) is 1. The van der Waals surface area contributed by atoms with E-state index in [2.05, 4.69) is 10.2 Å². The lowest BCUT2D eigenvalue weighted by Crippen LogP contribution is -2.45. The second-order valence-corrected chi connectivity index (χ2v) is 3.04. The Morgan fingerprint density at radius 1 is 1.33 bits per heavy atom. The van der Waals surface area contributed by atoms with Gasteiger partial charge in [-0.1, -0.05) is 0 Å². The molecule has 0 saturated carbocycles. The lowest BCUT2D eigenvalue weighted by Gasteiger charge is -2.25. The summed E-state index contributed by atoms with van der Waals surface area (Å²) in [6.45, 7) is 4.84. The monoisotopic (exact) mass is 259 g/mol. The number of hydrogen-bond donors (Lipinski definition) is 2. The van der Waals surface area contributed by atoms with Crippen LogP contribution in [0.4, 0.5) is 0 Å². The van der Waals surface area contributed by atoms with Crippen LogP contribution >= 0.6 is 24.8 Å². The first-order valence-corrected chi connectivity index (χ1v) is 4.61. The van der Waals surface area contributed by atoms with Crippen LogP contribution in [0.15, 0.2) is 0 Å². The molecular weight excluding hydrogens is 241 g/mol. The van der Waals surface area contributed by atoms with Crippen LogP contribution < -0.4 is 11.1 Å². The molecule has 92 valence electrons. The Bertz CT molecular complexity index is 166. The summed E-state index contributed by atoms with van der Waals surface area (Å²) in [5.74, 6) is -0.174. The van der Waals surface area contributed by atoms with E-state index in [4.69, 9.17) is 10.5 Å². The van der Waals surface area contributed by atoms with E-state index in [1.807, 2.05) is 0 Å². The highest BCUT2D eigenvalue weighted by Crippen LogP contribution is 1.92. The number of halogens is 2. The van der Waals surface area contributed by atoms with Gasteiger partial charge in [-0.25, -0.2) is 0 Å². The zero-order valence-electron chi connectivity index (χ0n) is 8.61. The van der Waals surface area contributed by atoms with Gasteiger partial charge < -0.3 is 15.8 Å². The van der Waals surface area contributed by atoms with Crippen LogP contribution in [-0.4, -0.2) is 56.7 Å². The SMILES string of the molecule is Cl.Cl.NCCOC(=O)CN1CCNCC1. The zero-order chi connectivity index (χ0) is 9.52. The molecule has 0 amide bonds. The third kappa shape index (κ3) is 7.81. The van der Waals surface area contributed by atoms with Gasteiger partial charge in [-0.15, -0.1) is 24.8 Å². The Labute approximate surface area is 103 Å². The molecule has 1 saturated heterocycles. The lowest BCUT2D eigenvalue weighted by molar-refractivity contribution is -0.144. The fraction of sp³-hybridized carbons (Fsp3) is 0.875. The number of piperazine rings is 1. The minimum absolute atomic E-state index is 0. The average Bonchev–Trinajstić information content (AvgIpc) is 2.16. The second kappa shape index (κ2) is 10.4. The summed E-state index contributed by atoms with van der Waals surface area (Å²) in [7, 11) is 0. The number of hydrogen-bond acceptors (Lipinski definition) is 5. The summed E-state index contributed by atoms with van der Waals surface area (Å²) in [5, 5.41) is 3.22. The normalized spacial score (nSPS) is 16.1. The Balaban J connectivity index is 0. The molecule has 3 N–H and O–H groups in total. The van der Waals surface area contributed by atoms with Gasteiger partial charge in [0.1, 0.15) is 6.61 Å². The number of ether oxygens (including phenoxy) is 1. The maximum Gasteiger partial charge on any atom is 0.320 e. The fourth-order valence-electron chi connectivity index (χ4n) is 1.27. The molecule has 0 unspecified atom stereocenters. The summed E-state index contributed by atoms with van der Waals surface area (Å²) in [6.07, 6.45) is 0. The molecule has 1 heterocycles. The van der Waals surface area contributed by atoms with Crippen molar-refractivity contribution >= 4 is 30.8 Å². The van der Waals surface area contributed by atoms with Crippen molar-refractivity contribution in [2.75, 3.05) is 45.9 Å². The molecule has 0 aliphatic carbocycles. The Morgan fingerprint density at radius 3 is 2.47 bits per heavy atom. The van der Waals surface area contributed by atoms with Crippen LogP contribution in [0, 0.1) is 0 Å². The van der Waals surface area contributed by atoms with Gasteiger partial charge in [0.15, 0.2) is 0 Å². The van der Waals surface area contributed by atoms with Gasteiger partial charge in [-0.05, 0) is 0 Å². The van der Waals surface area contributed by atoms with E-state index < -0.39 is 0 Å². The van der Waals surface area contributed by atoms with E-state index in [9.17, 15) is 4.79 Å². The summed E-state index contributed by atoms with van der Waals surface area (Å²) in [6, 6.07) is 0. The van der Waals surface area contributed by atoms with Crippen molar-refractivity contribution in [2.45, 2.75) is 0 Å². The predicted octanol–water partition coefficient (Wildman–Crippen LogP) is -0.763. The molecule has 1 rings (SSSR count). The van der Waals surface area contributed by atoms with E-state index in [0.717, 1.165) is 26.2 Å². The molecule has 1 aliphatic heterocycles. The lowest BCUT2D eigenvalue weighted by atomic mass is 10.3. The summed E-state index contributed by atoms with van der Waals surface area (Å²) < 4.78 is 4.87. The molecule has 0 atom stereocenters. The minimum Gasteiger partial charge on any atom is -0.463 e. The van der Waals surface area contributed by atoms with Crippen LogP contribution in [0.25, 0.3) is 0 Å². The van der Waals surface area contributed by atoms with Crippen molar-refractivity contribution in [1.82, 2.24) is 10.2 Å². The Kier molecular flexibility index (Phi) is 12.1. The topological polar surface area (TPSA) is 67.6 Å². The maximum atomic E-state index is 11.1. The van der Waals surface area contributed by atoms with Gasteiger partial charge in [0, 0.05) is 32.7 Å². The molecule has 0 aromatic heterocycles. The molecule has 7 heteroatoms. The van der Waals surface area contributed by atoms with Crippen molar-refractivity contribution in [1.29, 1.82) is 0 Å². The Morgan fingerprint density at radius 2 is 1.93 bits per heavy atom. The molecule has 0 radical (unpaired) electrons. The number of carbonyl (C=O) groups is 1. The third-order valence-corrected chi connectivity index (χ3v) is 1.94. The van der Waals surface area contributed by atoms with E-state index in [1.165, 1.54) is 0 Å². The number of rotatable bonds is 4. The first-order chi connectivity index (χ1) is 6.33. The standard InChI is InChI=1S/C8H17N3O2.2ClH/c9-1-6-13-8(12)7-11-4-2-10-3-5-11;;/h10H,1-7,9H2;2*1H. The summed E-state index contributed by atoms with van der Waals surface area (Å²) in [5.41, 5.74) is 5.21. The van der Waals surface area contributed by atoms with Gasteiger partial charge in [0.05, 0.1) is 6.54 Å². The molecule has 5 nitrogen and oxygen atoms in total. The molecular formula is C8H19Cl2N3O2. The zero-order valence-corrected chi connectivity index (χ0v) is 10.2. The number of carbonyl (C=O) groups excluding carboxylic acids is 1. The minimum atomic E-state index is -0.174. The smallest absolute Gasteiger partial charge is 0.320 e. The van der Waals surface area contributed by atoms with Crippen molar-refractivity contribution in [3.63, 3.8) is 0 Å². The summed E-state index contributed by atoms with van der Waals surface area (Å²) in [4.78, 5) is 13.2. The average molecular weight is 260 g/mol. The third-order valence-electron chi connectivity index (χ3n) is 1.94. The van der Waals surface area contributed by atoms with Crippen LogP contribution in [-0.2, 0) is 9.53 Å². The van der Waals surface area contributed by atoms with Crippen molar-refractivity contribution in [2.24, 2.45) is 5.73 Å². The first kappa shape index (κ1) is 17.3. The maximum absolute atomic E-state index is 11.1. The number of esters is 1. The molecule has 0 aromatic rings. The highest BCUT2D eigenvalue weighted by atomic mass is 35.5. The Hall–Kier alpha value is -0.0700. The van der Waals surface area contributed by atoms with Gasteiger partial charge in [-0.2, -0.15) is 0 Å². The van der Waals surface area contributed by atoms with E-state index >= 15 is 0 Å². The molecule has 15 heavy (non-hydrogen) atoms. The predicted molar refractivity (Wildman–Crippen MR) is 63.8 cm³/mol. The highest BCUT2D eigenvalue weighted by molar-refractivity contribution is 5.85. The van der Waals surface area contributed by atoms with Crippen molar-refractivity contribution in [3.05, 3.63) is 0 Å². The molecule has 1 fully saturated rings. The second-order valence-electron chi connectivity index (χ2n) is 3.04. The van der Waals surface area contributed by atoms with E-state index in [-0.39, 0.29) is 30.8 Å². The van der Waals surface area contributed by atoms with Gasteiger partial charge in [0.25, 0.3) is 0 Å². The van der Waals surface area contributed by atoms with Crippen LogP contribution in [0.2, 0.25) is 0 Å². The van der Waals surface area contributed by atoms with Crippen LogP contribution in [0.5, 0.6) is 0 Å². The van der Waals surface area contributed by atoms with Gasteiger partial charge in [0.2, 0.25) is 0 Å². The van der Waals surface area contributed by atoms with Crippen molar-refractivity contribution in [3.8, 4) is 0 Å². The fourth-order valence-corrected chi connectivity index (χ4v) is 1.27. The highest BCUT2D eigenvalue weighted by Gasteiger charge is 2.13. The first-order valence-electron chi connectivity index (χ1n) is 4.61. The van der Waals surface area contributed by atoms with Gasteiger partial charge in [-0.3, -0.25) is 9.69 Å². The number of nitrogens with two attached hydrogens (primary N) is 1. The van der Waals surface area contributed by atoms with E-state index in [1.54, 1.807) is 0 Å². The van der Waals surface area contributed by atoms with Crippen LogP contribution in [0.1, 0.15) is 0 Å². The molecule has 0 aromatic carbocycles. The largest absolute Gasteiger partial charge is 0.463 e. The number of nitrogens with zero attached hydrogens (tertiary/aromatic N) is 1.